The van der Waals surface area contributed by atoms with Crippen molar-refractivity contribution in [3.05, 3.63) is 71.1 Å². The third-order valence-corrected chi connectivity index (χ3v) is 5.13. The van der Waals surface area contributed by atoms with E-state index in [-0.39, 0.29) is 23.1 Å². The van der Waals surface area contributed by atoms with Gasteiger partial charge in [-0.15, -0.1) is 0 Å². The van der Waals surface area contributed by atoms with Crippen molar-refractivity contribution in [2.45, 2.75) is 19.8 Å². The number of hydrogen-bond acceptors (Lipinski definition) is 5. The Balaban J connectivity index is 2.06. The number of nitrogens with two attached hydrogens (primary N) is 1. The number of carboxylic acids is 1. The summed E-state index contributed by atoms with van der Waals surface area (Å²) in [5, 5.41) is 18.8. The lowest BCUT2D eigenvalue weighted by Crippen LogP contribution is -2.06. The summed E-state index contributed by atoms with van der Waals surface area (Å²) in [5.41, 5.74) is 9.62. The van der Waals surface area contributed by atoms with Crippen LogP contribution in [0.4, 0.5) is 5.69 Å². The highest BCUT2D eigenvalue weighted by Gasteiger charge is 2.22. The number of Topliss-reactive ketones (excluding diaryl/α,β-unsaturated/α-hetero) is 1. The minimum absolute atomic E-state index is 0.0481. The SMILES string of the molecule is CCC(=O)Cc1ccc(-c2c3ccc(=N)cc-3oc3cc(N)ccc23)c(C(=O)O)c1. The van der Waals surface area contributed by atoms with Crippen LogP contribution < -0.4 is 11.1 Å². The van der Waals surface area contributed by atoms with Crippen molar-refractivity contribution in [1.29, 1.82) is 5.41 Å². The van der Waals surface area contributed by atoms with E-state index in [4.69, 9.17) is 15.6 Å². The third kappa shape index (κ3) is 3.43. The molecule has 0 radical (unpaired) electrons. The molecule has 2 aromatic carbocycles. The second-order valence-electron chi connectivity index (χ2n) is 7.20. The summed E-state index contributed by atoms with van der Waals surface area (Å²) in [6.45, 7) is 1.78. The van der Waals surface area contributed by atoms with E-state index >= 15 is 0 Å². The van der Waals surface area contributed by atoms with Gasteiger partial charge in [0.15, 0.2) is 0 Å². The Kier molecular flexibility index (Phi) is 4.83. The summed E-state index contributed by atoms with van der Waals surface area (Å²) >= 11 is 0. The summed E-state index contributed by atoms with van der Waals surface area (Å²) < 4.78 is 5.97. The fraction of sp³-hybridized carbons (Fsp3) is 0.125. The van der Waals surface area contributed by atoms with E-state index in [1.807, 2.05) is 0 Å². The number of anilines is 1. The molecule has 1 heterocycles. The number of hydrogen-bond donors (Lipinski definition) is 3. The van der Waals surface area contributed by atoms with Crippen LogP contribution in [0.3, 0.4) is 0 Å². The average Bonchev–Trinajstić information content (AvgIpc) is 2.71. The van der Waals surface area contributed by atoms with Crippen LogP contribution in [-0.2, 0) is 11.2 Å². The Labute approximate surface area is 172 Å². The predicted octanol–water partition coefficient (Wildman–Crippen LogP) is 4.49. The molecule has 6 nitrogen and oxygen atoms in total. The van der Waals surface area contributed by atoms with Crippen LogP contribution >= 0.6 is 0 Å². The summed E-state index contributed by atoms with van der Waals surface area (Å²) in [7, 11) is 0. The van der Waals surface area contributed by atoms with Gasteiger partial charge in [0.25, 0.3) is 0 Å². The van der Waals surface area contributed by atoms with Crippen molar-refractivity contribution in [2.75, 3.05) is 5.73 Å². The highest BCUT2D eigenvalue weighted by atomic mass is 16.4. The maximum atomic E-state index is 12.1. The average molecular weight is 400 g/mol. The lowest BCUT2D eigenvalue weighted by atomic mass is 9.89. The normalized spacial score (nSPS) is 11.1. The summed E-state index contributed by atoms with van der Waals surface area (Å²) in [6, 6.07) is 15.3. The Morgan fingerprint density at radius 3 is 2.53 bits per heavy atom. The first-order valence-corrected chi connectivity index (χ1v) is 9.56. The lowest BCUT2D eigenvalue weighted by molar-refractivity contribution is -0.118. The molecule has 0 fully saturated rings. The summed E-state index contributed by atoms with van der Waals surface area (Å²) in [4.78, 5) is 24.0. The Morgan fingerprint density at radius 2 is 1.80 bits per heavy atom. The van der Waals surface area contributed by atoms with Gasteiger partial charge >= 0.3 is 5.97 Å². The minimum atomic E-state index is -1.08. The second kappa shape index (κ2) is 7.48. The van der Waals surface area contributed by atoms with Crippen LogP contribution in [0, 0.1) is 5.41 Å². The van der Waals surface area contributed by atoms with Gasteiger partial charge in [-0.3, -0.25) is 4.79 Å². The fourth-order valence-corrected chi connectivity index (χ4v) is 3.65. The molecule has 0 bridgehead atoms. The van der Waals surface area contributed by atoms with Gasteiger partial charge in [-0.2, -0.15) is 0 Å². The number of rotatable bonds is 5. The van der Waals surface area contributed by atoms with Crippen molar-refractivity contribution in [3.8, 4) is 22.5 Å². The number of benzene rings is 3. The molecule has 0 unspecified atom stereocenters. The van der Waals surface area contributed by atoms with Gasteiger partial charge in [-0.1, -0.05) is 19.1 Å². The molecule has 0 saturated heterocycles. The highest BCUT2D eigenvalue weighted by Crippen LogP contribution is 2.41. The highest BCUT2D eigenvalue weighted by molar-refractivity contribution is 6.08. The van der Waals surface area contributed by atoms with Crippen LogP contribution in [0.1, 0.15) is 29.3 Å². The van der Waals surface area contributed by atoms with Crippen molar-refractivity contribution < 1.29 is 19.1 Å². The number of nitrogen functional groups attached to an aromatic ring is 1. The maximum absolute atomic E-state index is 12.1. The molecular formula is C24H20N2O4. The number of fused-ring (bicyclic) bond motifs is 2. The molecule has 6 heteroatoms. The molecule has 150 valence electrons. The zero-order valence-electron chi connectivity index (χ0n) is 16.4. The molecule has 0 spiro atoms. The van der Waals surface area contributed by atoms with E-state index in [1.165, 1.54) is 0 Å². The first kappa shape index (κ1) is 19.4. The van der Waals surface area contributed by atoms with Crippen LogP contribution in [0.15, 0.2) is 59.0 Å². The number of carboxylic acid groups (broad SMARTS) is 1. The third-order valence-electron chi connectivity index (χ3n) is 5.13. The molecule has 1 aliphatic heterocycles. The Bertz CT molecular complexity index is 1340. The van der Waals surface area contributed by atoms with Crippen molar-refractivity contribution in [2.24, 2.45) is 0 Å². The number of nitrogens with one attached hydrogen (secondary N) is 1. The van der Waals surface area contributed by atoms with E-state index in [0.29, 0.717) is 51.1 Å². The van der Waals surface area contributed by atoms with Gasteiger partial charge in [0.05, 0.1) is 10.9 Å². The number of ketones is 1. The fourth-order valence-electron chi connectivity index (χ4n) is 3.65. The molecule has 0 aromatic heterocycles. The van der Waals surface area contributed by atoms with Gasteiger partial charge in [-0.05, 0) is 41.5 Å². The first-order chi connectivity index (χ1) is 14.4. The van der Waals surface area contributed by atoms with E-state index < -0.39 is 5.97 Å². The zero-order valence-corrected chi connectivity index (χ0v) is 16.4. The molecule has 2 aliphatic rings. The molecule has 0 atom stereocenters. The number of aromatic carboxylic acids is 1. The molecule has 4 rings (SSSR count). The van der Waals surface area contributed by atoms with Crippen LogP contribution in [-0.4, -0.2) is 16.9 Å². The molecule has 2 aromatic rings. The van der Waals surface area contributed by atoms with Gasteiger partial charge in [-0.25, -0.2) is 4.79 Å². The van der Waals surface area contributed by atoms with Crippen LogP contribution in [0.25, 0.3) is 33.4 Å². The van der Waals surface area contributed by atoms with Crippen LogP contribution in [0.5, 0.6) is 0 Å². The molecule has 4 N–H and O–H groups in total. The van der Waals surface area contributed by atoms with Gasteiger partial charge in [0, 0.05) is 47.2 Å². The second-order valence-corrected chi connectivity index (χ2v) is 7.20. The monoisotopic (exact) mass is 400 g/mol. The van der Waals surface area contributed by atoms with E-state index in [1.54, 1.807) is 61.5 Å². The van der Waals surface area contributed by atoms with E-state index in [0.717, 1.165) is 0 Å². The molecule has 0 saturated carbocycles. The van der Waals surface area contributed by atoms with Crippen LogP contribution in [0.2, 0.25) is 0 Å². The Morgan fingerprint density at radius 1 is 1.03 bits per heavy atom. The maximum Gasteiger partial charge on any atom is 0.336 e. The molecular weight excluding hydrogens is 380 g/mol. The predicted molar refractivity (Wildman–Crippen MR) is 115 cm³/mol. The summed E-state index contributed by atoms with van der Waals surface area (Å²) in [6.07, 6.45) is 0.595. The van der Waals surface area contributed by atoms with E-state index in [9.17, 15) is 14.7 Å². The minimum Gasteiger partial charge on any atom is -0.478 e. The smallest absolute Gasteiger partial charge is 0.336 e. The first-order valence-electron chi connectivity index (χ1n) is 9.56. The largest absolute Gasteiger partial charge is 0.478 e. The Hall–Kier alpha value is -3.93. The summed E-state index contributed by atoms with van der Waals surface area (Å²) in [5.74, 6) is -0.561. The number of carbonyl (C=O) groups excluding carboxylic acids is 1. The standard InChI is InChI=1S/C24H20N2O4/c1-2-16(27)9-13-3-6-17(20(10-13)24(28)29)23-18-7-4-14(25)11-21(18)30-22-12-15(26)5-8-19(22)23/h3-8,10-12,25H,2,9,26H2,1H3,(H,28,29). The van der Waals surface area contributed by atoms with Crippen molar-refractivity contribution in [1.82, 2.24) is 0 Å². The van der Waals surface area contributed by atoms with Gasteiger partial charge in [0.2, 0.25) is 0 Å². The molecule has 30 heavy (non-hydrogen) atoms. The molecule has 0 amide bonds. The quantitative estimate of drug-likeness (QED) is 0.337. The zero-order chi connectivity index (χ0) is 21.4. The van der Waals surface area contributed by atoms with E-state index in [2.05, 4.69) is 0 Å². The van der Waals surface area contributed by atoms with Crippen molar-refractivity contribution >= 4 is 28.4 Å². The van der Waals surface area contributed by atoms with Crippen molar-refractivity contribution in [3.63, 3.8) is 0 Å². The number of carbonyl (C=O) groups is 2. The lowest BCUT2D eigenvalue weighted by Gasteiger charge is -2.17. The van der Waals surface area contributed by atoms with Gasteiger partial charge < -0.3 is 20.7 Å². The topological polar surface area (TPSA) is 117 Å². The van der Waals surface area contributed by atoms with Gasteiger partial charge in [0.1, 0.15) is 17.1 Å². The molecule has 1 aliphatic carbocycles.